The van der Waals surface area contributed by atoms with Gasteiger partial charge in [-0.3, -0.25) is 14.2 Å². The first-order chi connectivity index (χ1) is 13.1. The van der Waals surface area contributed by atoms with Crippen LogP contribution in [0.4, 0.5) is 0 Å². The van der Waals surface area contributed by atoms with Crippen molar-refractivity contribution in [2.45, 2.75) is 32.2 Å². The van der Waals surface area contributed by atoms with Crippen LogP contribution in [0.5, 0.6) is 5.75 Å². The molecular formula is C20H20N2O4S. The van der Waals surface area contributed by atoms with E-state index in [1.54, 1.807) is 18.6 Å². The van der Waals surface area contributed by atoms with E-state index in [2.05, 4.69) is 4.98 Å². The van der Waals surface area contributed by atoms with Crippen molar-refractivity contribution in [1.29, 1.82) is 0 Å². The summed E-state index contributed by atoms with van der Waals surface area (Å²) in [6.07, 6.45) is 1.42. The van der Waals surface area contributed by atoms with Crippen LogP contribution in [0.1, 0.15) is 31.5 Å². The number of hydrogen-bond donors (Lipinski definition) is 0. The molecule has 0 N–H and O–H groups in total. The Balaban J connectivity index is 1.81. The Hall–Kier alpha value is -2.67. The molecule has 1 aliphatic heterocycles. The van der Waals surface area contributed by atoms with Gasteiger partial charge in [0, 0.05) is 11.4 Å². The molecular weight excluding hydrogens is 364 g/mol. The van der Waals surface area contributed by atoms with E-state index in [4.69, 9.17) is 9.47 Å². The van der Waals surface area contributed by atoms with Crippen molar-refractivity contribution in [3.63, 3.8) is 0 Å². The maximum Gasteiger partial charge on any atom is 0.316 e. The molecule has 7 heteroatoms. The molecule has 0 saturated heterocycles. The largest absolute Gasteiger partial charge is 0.497 e. The van der Waals surface area contributed by atoms with Crippen molar-refractivity contribution in [2.24, 2.45) is 0 Å². The number of carbonyl (C=O) groups is 1. The smallest absolute Gasteiger partial charge is 0.316 e. The first-order valence-corrected chi connectivity index (χ1v) is 9.79. The highest BCUT2D eigenvalue weighted by molar-refractivity contribution is 7.22. The minimum absolute atomic E-state index is 0.0752. The summed E-state index contributed by atoms with van der Waals surface area (Å²) in [7, 11) is 1.63. The molecule has 0 fully saturated rings. The number of thiophene rings is 1. The summed E-state index contributed by atoms with van der Waals surface area (Å²) in [5, 5.41) is 0. The molecule has 3 heterocycles. The number of carbonyl (C=O) groups excluding carboxylic acids is 1. The van der Waals surface area contributed by atoms with E-state index in [-0.39, 0.29) is 11.5 Å². The third-order valence-electron chi connectivity index (χ3n) is 4.80. The molecule has 1 aliphatic rings. The molecule has 0 amide bonds. The van der Waals surface area contributed by atoms with Crippen molar-refractivity contribution in [3.05, 3.63) is 46.5 Å². The third-order valence-corrected chi connectivity index (χ3v) is 5.96. The highest BCUT2D eigenvalue weighted by Crippen LogP contribution is 2.34. The van der Waals surface area contributed by atoms with Crippen LogP contribution in [0.3, 0.4) is 0 Å². The van der Waals surface area contributed by atoms with Crippen molar-refractivity contribution in [1.82, 2.24) is 9.55 Å². The van der Waals surface area contributed by atoms with E-state index in [1.165, 1.54) is 11.3 Å². The maximum absolute atomic E-state index is 13.0. The zero-order valence-electron chi connectivity index (χ0n) is 15.2. The van der Waals surface area contributed by atoms with Gasteiger partial charge in [0.15, 0.2) is 0 Å². The SMILES string of the molecule is CCOC(=O)[C@@H]1CCCn2c1nc1cc(-c3ccc(OC)cc3)sc1c2=O. The molecule has 2 aromatic heterocycles. The van der Waals surface area contributed by atoms with Gasteiger partial charge in [-0.1, -0.05) is 0 Å². The van der Waals surface area contributed by atoms with E-state index < -0.39 is 5.92 Å². The molecule has 140 valence electrons. The molecule has 27 heavy (non-hydrogen) atoms. The van der Waals surface area contributed by atoms with Gasteiger partial charge in [-0.2, -0.15) is 0 Å². The quantitative estimate of drug-likeness (QED) is 0.643. The van der Waals surface area contributed by atoms with Crippen LogP contribution in [0.15, 0.2) is 35.1 Å². The van der Waals surface area contributed by atoms with Crippen molar-refractivity contribution < 1.29 is 14.3 Å². The predicted molar refractivity (Wildman–Crippen MR) is 104 cm³/mol. The van der Waals surface area contributed by atoms with Crippen LogP contribution in [0.25, 0.3) is 20.7 Å². The van der Waals surface area contributed by atoms with Crippen molar-refractivity contribution in [2.75, 3.05) is 13.7 Å². The number of fused-ring (bicyclic) bond motifs is 2. The summed E-state index contributed by atoms with van der Waals surface area (Å²) < 4.78 is 12.6. The summed E-state index contributed by atoms with van der Waals surface area (Å²) >= 11 is 1.43. The molecule has 0 saturated carbocycles. The first kappa shape index (κ1) is 17.7. The predicted octanol–water partition coefficient (Wildman–Crippen LogP) is 3.57. The lowest BCUT2D eigenvalue weighted by molar-refractivity contribution is -0.145. The number of benzene rings is 1. The maximum atomic E-state index is 13.0. The zero-order chi connectivity index (χ0) is 19.0. The highest BCUT2D eigenvalue weighted by Gasteiger charge is 2.31. The number of hydrogen-bond acceptors (Lipinski definition) is 6. The number of esters is 1. The fourth-order valence-electron chi connectivity index (χ4n) is 3.46. The number of methoxy groups -OCH3 is 1. The minimum atomic E-state index is -0.472. The van der Waals surface area contributed by atoms with Gasteiger partial charge in [0.2, 0.25) is 0 Å². The fourth-order valence-corrected chi connectivity index (χ4v) is 4.51. The summed E-state index contributed by atoms with van der Waals surface area (Å²) in [6, 6.07) is 9.62. The summed E-state index contributed by atoms with van der Waals surface area (Å²) in [5.41, 5.74) is 1.56. The number of rotatable bonds is 4. The van der Waals surface area contributed by atoms with E-state index in [0.717, 1.165) is 22.6 Å². The van der Waals surface area contributed by atoms with Gasteiger partial charge in [0.25, 0.3) is 5.56 Å². The average Bonchev–Trinajstić information content (AvgIpc) is 3.12. The fraction of sp³-hybridized carbons (Fsp3) is 0.350. The van der Waals surface area contributed by atoms with Crippen LogP contribution < -0.4 is 10.3 Å². The summed E-state index contributed by atoms with van der Waals surface area (Å²) in [4.78, 5) is 31.0. The lowest BCUT2D eigenvalue weighted by Gasteiger charge is -2.24. The lowest BCUT2D eigenvalue weighted by Crippen LogP contribution is -2.33. The van der Waals surface area contributed by atoms with Gasteiger partial charge in [-0.25, -0.2) is 4.98 Å². The second-order valence-electron chi connectivity index (χ2n) is 6.43. The van der Waals surface area contributed by atoms with E-state index in [9.17, 15) is 9.59 Å². The van der Waals surface area contributed by atoms with Crippen LogP contribution in [-0.2, 0) is 16.1 Å². The van der Waals surface area contributed by atoms with Crippen molar-refractivity contribution in [3.8, 4) is 16.2 Å². The molecule has 1 atom stereocenters. The normalized spacial score (nSPS) is 16.1. The number of ether oxygens (including phenoxy) is 2. The van der Waals surface area contributed by atoms with Crippen LogP contribution in [0.2, 0.25) is 0 Å². The van der Waals surface area contributed by atoms with Crippen LogP contribution in [-0.4, -0.2) is 29.2 Å². The van der Waals surface area contributed by atoms with Gasteiger partial charge in [-0.15, -0.1) is 11.3 Å². The molecule has 1 aromatic carbocycles. The first-order valence-electron chi connectivity index (χ1n) is 8.97. The summed E-state index contributed by atoms with van der Waals surface area (Å²) in [5.74, 6) is 0.532. The topological polar surface area (TPSA) is 70.4 Å². The zero-order valence-corrected chi connectivity index (χ0v) is 16.0. The van der Waals surface area contributed by atoms with Crippen molar-refractivity contribution >= 4 is 27.5 Å². The van der Waals surface area contributed by atoms with E-state index in [1.807, 2.05) is 30.3 Å². The van der Waals surface area contributed by atoms with E-state index >= 15 is 0 Å². The van der Waals surface area contributed by atoms with Gasteiger partial charge >= 0.3 is 5.97 Å². The molecule has 6 nitrogen and oxygen atoms in total. The van der Waals surface area contributed by atoms with Gasteiger partial charge < -0.3 is 9.47 Å². The standard InChI is InChI=1S/C20H20N2O4S/c1-3-26-20(24)14-5-4-10-22-18(14)21-15-11-16(27-17(15)19(22)23)12-6-8-13(25-2)9-7-12/h6-9,11,14H,3-5,10H2,1-2H3/t14-/m1/s1. The monoisotopic (exact) mass is 384 g/mol. The van der Waals surface area contributed by atoms with Gasteiger partial charge in [0.1, 0.15) is 22.2 Å². The third kappa shape index (κ3) is 3.12. The Bertz CT molecular complexity index is 1050. The molecule has 0 bridgehead atoms. The Labute approximate surface area is 160 Å². The second kappa shape index (κ2) is 7.15. The molecule has 0 radical (unpaired) electrons. The Morgan fingerprint density at radius 1 is 1.33 bits per heavy atom. The van der Waals surface area contributed by atoms with Gasteiger partial charge in [0.05, 0.1) is 19.2 Å². The highest BCUT2D eigenvalue weighted by atomic mass is 32.1. The number of aromatic nitrogens is 2. The van der Waals surface area contributed by atoms with Gasteiger partial charge in [-0.05, 0) is 55.7 Å². The van der Waals surface area contributed by atoms with Crippen LogP contribution >= 0.6 is 11.3 Å². The van der Waals surface area contributed by atoms with Crippen LogP contribution in [0, 0.1) is 0 Å². The Kier molecular flexibility index (Phi) is 4.70. The minimum Gasteiger partial charge on any atom is -0.497 e. The Morgan fingerprint density at radius 3 is 2.81 bits per heavy atom. The lowest BCUT2D eigenvalue weighted by atomic mass is 9.98. The average molecular weight is 384 g/mol. The molecule has 3 aromatic rings. The van der Waals surface area contributed by atoms with E-state index in [0.29, 0.717) is 35.6 Å². The second-order valence-corrected chi connectivity index (χ2v) is 7.48. The molecule has 0 aliphatic carbocycles. The molecule has 0 spiro atoms. The summed E-state index contributed by atoms with van der Waals surface area (Å²) in [6.45, 7) is 2.69. The Morgan fingerprint density at radius 2 is 2.11 bits per heavy atom. The molecule has 0 unspecified atom stereocenters. The molecule has 4 rings (SSSR count). The number of nitrogens with zero attached hydrogens (tertiary/aromatic N) is 2.